The molecular weight excluding hydrogens is 488 g/mol. The summed E-state index contributed by atoms with van der Waals surface area (Å²) in [5.41, 5.74) is 1.24. The first kappa shape index (κ1) is 25.9. The maximum atomic E-state index is 13.5. The van der Waals surface area contributed by atoms with Crippen LogP contribution in [-0.4, -0.2) is 27.0 Å². The van der Waals surface area contributed by atoms with Crippen LogP contribution in [-0.2, 0) is 21.2 Å². The number of nitrogens with one attached hydrogen (secondary N) is 2. The van der Waals surface area contributed by atoms with Crippen LogP contribution in [0.5, 0.6) is 17.2 Å². The molecule has 4 rings (SSSR count). The first-order chi connectivity index (χ1) is 17.9. The molecule has 4 aromatic carbocycles. The van der Waals surface area contributed by atoms with Gasteiger partial charge in [0, 0.05) is 0 Å². The molecule has 190 valence electrons. The molecule has 0 aromatic heterocycles. The molecule has 0 spiro atoms. The fourth-order valence-corrected chi connectivity index (χ4v) is 4.86. The number of carbonyl (C=O) groups is 1. The van der Waals surface area contributed by atoms with Crippen LogP contribution in [0.4, 0.5) is 5.69 Å². The van der Waals surface area contributed by atoms with Gasteiger partial charge >= 0.3 is 0 Å². The Morgan fingerprint density at radius 1 is 0.784 bits per heavy atom. The molecule has 0 aliphatic carbocycles. The lowest BCUT2D eigenvalue weighted by Gasteiger charge is -2.20. The molecule has 0 aliphatic heterocycles. The molecule has 1 atom stereocenters. The van der Waals surface area contributed by atoms with Gasteiger partial charge in [-0.25, -0.2) is 8.42 Å². The quantitative estimate of drug-likeness (QED) is 0.278. The molecule has 0 radical (unpaired) electrons. The van der Waals surface area contributed by atoms with Crippen LogP contribution >= 0.6 is 0 Å². The summed E-state index contributed by atoms with van der Waals surface area (Å²) in [6.45, 7) is 2.32. The summed E-state index contributed by atoms with van der Waals surface area (Å²) in [5, 5.41) is 2.84. The van der Waals surface area contributed by atoms with Gasteiger partial charge in [-0.15, -0.1) is 0 Å². The van der Waals surface area contributed by atoms with E-state index in [1.54, 1.807) is 36.4 Å². The molecule has 1 unspecified atom stereocenters. The molecule has 0 bridgehead atoms. The Balaban J connectivity index is 1.57. The zero-order valence-corrected chi connectivity index (χ0v) is 21.1. The number of para-hydroxylation sites is 3. The largest absolute Gasteiger partial charge is 0.494 e. The minimum atomic E-state index is -4.00. The summed E-state index contributed by atoms with van der Waals surface area (Å²) in [4.78, 5) is 13.5. The van der Waals surface area contributed by atoms with Gasteiger partial charge < -0.3 is 14.8 Å². The number of rotatable bonds is 11. The predicted molar refractivity (Wildman–Crippen MR) is 143 cm³/mol. The summed E-state index contributed by atoms with van der Waals surface area (Å²) >= 11 is 0. The molecule has 4 aromatic rings. The second kappa shape index (κ2) is 12.2. The van der Waals surface area contributed by atoms with Crippen molar-refractivity contribution in [3.05, 3.63) is 115 Å². The van der Waals surface area contributed by atoms with E-state index in [0.717, 1.165) is 5.56 Å². The number of amides is 1. The third-order valence-corrected chi connectivity index (χ3v) is 6.95. The smallest absolute Gasteiger partial charge is 0.243 e. The zero-order valence-electron chi connectivity index (χ0n) is 20.3. The summed E-state index contributed by atoms with van der Waals surface area (Å²) in [6, 6.07) is 30.4. The predicted octanol–water partition coefficient (Wildman–Crippen LogP) is 5.41. The maximum absolute atomic E-state index is 13.5. The van der Waals surface area contributed by atoms with E-state index in [9.17, 15) is 13.2 Å². The van der Waals surface area contributed by atoms with Gasteiger partial charge in [0.2, 0.25) is 15.9 Å². The molecule has 37 heavy (non-hydrogen) atoms. The topological polar surface area (TPSA) is 93.7 Å². The molecule has 0 aliphatic rings. The van der Waals surface area contributed by atoms with Gasteiger partial charge in [0.25, 0.3) is 0 Å². The molecule has 0 saturated heterocycles. The number of benzene rings is 4. The van der Waals surface area contributed by atoms with Crippen molar-refractivity contribution in [3.63, 3.8) is 0 Å². The van der Waals surface area contributed by atoms with Crippen molar-refractivity contribution in [2.24, 2.45) is 0 Å². The number of sulfonamides is 1. The van der Waals surface area contributed by atoms with Crippen molar-refractivity contribution in [2.75, 3.05) is 11.9 Å². The Labute approximate surface area is 217 Å². The van der Waals surface area contributed by atoms with Crippen LogP contribution in [0.3, 0.4) is 0 Å². The van der Waals surface area contributed by atoms with Gasteiger partial charge in [0.05, 0.1) is 17.2 Å². The van der Waals surface area contributed by atoms with E-state index >= 15 is 0 Å². The highest BCUT2D eigenvalue weighted by molar-refractivity contribution is 7.89. The zero-order chi connectivity index (χ0) is 26.1. The average molecular weight is 517 g/mol. The molecule has 0 heterocycles. The Morgan fingerprint density at radius 3 is 2.08 bits per heavy atom. The van der Waals surface area contributed by atoms with Crippen LogP contribution in [0.2, 0.25) is 0 Å². The van der Waals surface area contributed by atoms with E-state index in [1.165, 1.54) is 12.1 Å². The number of hydrogen-bond acceptors (Lipinski definition) is 5. The minimum absolute atomic E-state index is 0.0367. The van der Waals surface area contributed by atoms with Crippen molar-refractivity contribution < 1.29 is 22.7 Å². The summed E-state index contributed by atoms with van der Waals surface area (Å²) < 4.78 is 40.3. The molecular formula is C29H28N2O5S. The van der Waals surface area contributed by atoms with Crippen LogP contribution in [0.1, 0.15) is 12.5 Å². The van der Waals surface area contributed by atoms with Gasteiger partial charge in [-0.2, -0.15) is 4.72 Å². The third-order valence-electron chi connectivity index (χ3n) is 5.46. The third kappa shape index (κ3) is 7.19. The van der Waals surface area contributed by atoms with Crippen LogP contribution in [0.25, 0.3) is 0 Å². The van der Waals surface area contributed by atoms with Gasteiger partial charge in [-0.3, -0.25) is 4.79 Å². The van der Waals surface area contributed by atoms with E-state index in [4.69, 9.17) is 9.47 Å². The average Bonchev–Trinajstić information content (AvgIpc) is 2.91. The number of hydrogen-bond donors (Lipinski definition) is 2. The Morgan fingerprint density at radius 2 is 1.41 bits per heavy atom. The highest BCUT2D eigenvalue weighted by atomic mass is 32.2. The fourth-order valence-electron chi connectivity index (χ4n) is 3.67. The van der Waals surface area contributed by atoms with Gasteiger partial charge in [-0.05, 0) is 67.4 Å². The minimum Gasteiger partial charge on any atom is -0.494 e. The monoisotopic (exact) mass is 516 g/mol. The van der Waals surface area contributed by atoms with E-state index in [0.29, 0.717) is 29.5 Å². The van der Waals surface area contributed by atoms with Gasteiger partial charge in [0.1, 0.15) is 17.5 Å². The lowest BCUT2D eigenvalue weighted by Crippen LogP contribution is -2.45. The summed E-state index contributed by atoms with van der Waals surface area (Å²) in [6.07, 6.45) is 0.157. The second-order valence-electron chi connectivity index (χ2n) is 8.17. The Bertz CT molecular complexity index is 1410. The van der Waals surface area contributed by atoms with Crippen molar-refractivity contribution >= 4 is 21.6 Å². The number of carbonyl (C=O) groups excluding carboxylic acids is 1. The highest BCUT2D eigenvalue weighted by Crippen LogP contribution is 2.29. The Hall–Kier alpha value is -4.14. The van der Waals surface area contributed by atoms with Crippen molar-refractivity contribution in [3.8, 4) is 17.2 Å². The van der Waals surface area contributed by atoms with Crippen LogP contribution in [0.15, 0.2) is 114 Å². The Kier molecular flexibility index (Phi) is 8.56. The molecule has 7 nitrogen and oxygen atoms in total. The van der Waals surface area contributed by atoms with E-state index in [-0.39, 0.29) is 11.3 Å². The van der Waals surface area contributed by atoms with Crippen molar-refractivity contribution in [1.29, 1.82) is 0 Å². The highest BCUT2D eigenvalue weighted by Gasteiger charge is 2.27. The molecule has 0 saturated carbocycles. The van der Waals surface area contributed by atoms with E-state index in [1.807, 2.05) is 67.6 Å². The SMILES string of the molecule is CCOc1ccc(S(=O)(=O)NC(Cc2ccccc2)C(=O)Nc2ccccc2Oc2ccccc2)cc1. The second-order valence-corrected chi connectivity index (χ2v) is 9.88. The number of anilines is 1. The summed E-state index contributed by atoms with van der Waals surface area (Å²) in [7, 11) is -4.00. The van der Waals surface area contributed by atoms with Crippen LogP contribution in [0, 0.1) is 0 Å². The van der Waals surface area contributed by atoms with Gasteiger partial charge in [-0.1, -0.05) is 60.7 Å². The molecule has 8 heteroatoms. The van der Waals surface area contributed by atoms with E-state index in [2.05, 4.69) is 10.0 Å². The van der Waals surface area contributed by atoms with Gasteiger partial charge in [0.15, 0.2) is 5.75 Å². The number of ether oxygens (including phenoxy) is 2. The summed E-state index contributed by atoms with van der Waals surface area (Å²) in [5.74, 6) is 1.11. The standard InChI is InChI=1S/C29H28N2O5S/c1-2-35-23-17-19-25(20-18-23)37(33,34)31-27(21-22-11-5-3-6-12-22)29(32)30-26-15-9-10-16-28(26)36-24-13-7-4-8-14-24/h3-20,27,31H,2,21H2,1H3,(H,30,32). The lowest BCUT2D eigenvalue weighted by atomic mass is 10.1. The normalized spacial score (nSPS) is 11.9. The van der Waals surface area contributed by atoms with E-state index < -0.39 is 22.0 Å². The molecule has 2 N–H and O–H groups in total. The van der Waals surface area contributed by atoms with Crippen molar-refractivity contribution in [1.82, 2.24) is 4.72 Å². The fraction of sp³-hybridized carbons (Fsp3) is 0.138. The first-order valence-corrected chi connectivity index (χ1v) is 13.3. The lowest BCUT2D eigenvalue weighted by molar-refractivity contribution is -0.117. The maximum Gasteiger partial charge on any atom is 0.243 e. The molecule has 0 fully saturated rings. The first-order valence-electron chi connectivity index (χ1n) is 11.9. The van der Waals surface area contributed by atoms with Crippen LogP contribution < -0.4 is 19.5 Å². The van der Waals surface area contributed by atoms with Crippen molar-refractivity contribution in [2.45, 2.75) is 24.3 Å². The molecule has 1 amide bonds.